The van der Waals surface area contributed by atoms with Crippen LogP contribution in [-0.2, 0) is 0 Å². The molecular formula is C21H24N4O2. The standard InChI is InChI=1S/C21H24N4O2/c1-3-4-7-20(16-6-5-12-22-14-16)25(2)21(27)19-13-18(23-24-19)15-8-10-17(26)11-9-15/h5-6,8-14,20,26H,3-4,7H2,1-2H3,(H,23,24). The van der Waals surface area contributed by atoms with Gasteiger partial charge in [0.15, 0.2) is 0 Å². The number of phenolic OH excluding ortho intramolecular Hbond substituents is 1. The van der Waals surface area contributed by atoms with Crippen LogP contribution in [0.2, 0.25) is 0 Å². The Balaban J connectivity index is 1.81. The summed E-state index contributed by atoms with van der Waals surface area (Å²) >= 11 is 0. The van der Waals surface area contributed by atoms with E-state index in [1.54, 1.807) is 41.4 Å². The normalized spacial score (nSPS) is 11.9. The molecule has 6 nitrogen and oxygen atoms in total. The summed E-state index contributed by atoms with van der Waals surface area (Å²) in [4.78, 5) is 19.0. The Morgan fingerprint density at radius 3 is 2.70 bits per heavy atom. The molecule has 2 heterocycles. The number of benzene rings is 1. The number of aromatic hydroxyl groups is 1. The summed E-state index contributed by atoms with van der Waals surface area (Å²) in [7, 11) is 1.82. The van der Waals surface area contributed by atoms with Gasteiger partial charge in [-0.05, 0) is 48.4 Å². The maximum Gasteiger partial charge on any atom is 0.272 e. The summed E-state index contributed by atoms with van der Waals surface area (Å²) in [6, 6.07) is 12.3. The number of aromatic amines is 1. The van der Waals surface area contributed by atoms with Gasteiger partial charge in [0.25, 0.3) is 5.91 Å². The van der Waals surface area contributed by atoms with Crippen LogP contribution in [-0.4, -0.2) is 38.1 Å². The van der Waals surface area contributed by atoms with Gasteiger partial charge in [0.05, 0.1) is 11.7 Å². The van der Waals surface area contributed by atoms with Crippen molar-refractivity contribution in [3.63, 3.8) is 0 Å². The molecule has 3 aromatic rings. The van der Waals surface area contributed by atoms with Gasteiger partial charge in [0.2, 0.25) is 0 Å². The largest absolute Gasteiger partial charge is 0.508 e. The molecule has 1 atom stereocenters. The van der Waals surface area contributed by atoms with Gasteiger partial charge < -0.3 is 10.0 Å². The van der Waals surface area contributed by atoms with Crippen LogP contribution >= 0.6 is 0 Å². The van der Waals surface area contributed by atoms with Gasteiger partial charge in [-0.25, -0.2) is 0 Å². The molecule has 0 saturated carbocycles. The number of hydrogen-bond donors (Lipinski definition) is 2. The van der Waals surface area contributed by atoms with Gasteiger partial charge in [-0.15, -0.1) is 0 Å². The highest BCUT2D eigenvalue weighted by molar-refractivity contribution is 5.93. The van der Waals surface area contributed by atoms with E-state index in [4.69, 9.17) is 0 Å². The lowest BCUT2D eigenvalue weighted by atomic mass is 10.0. The number of hydrogen-bond acceptors (Lipinski definition) is 4. The smallest absolute Gasteiger partial charge is 0.272 e. The Morgan fingerprint density at radius 1 is 1.26 bits per heavy atom. The Hall–Kier alpha value is -3.15. The van der Waals surface area contributed by atoms with Crippen molar-refractivity contribution in [1.82, 2.24) is 20.1 Å². The highest BCUT2D eigenvalue weighted by atomic mass is 16.3. The fourth-order valence-corrected chi connectivity index (χ4v) is 3.10. The Morgan fingerprint density at radius 2 is 2.04 bits per heavy atom. The van der Waals surface area contributed by atoms with Crippen molar-refractivity contribution in [2.24, 2.45) is 0 Å². The lowest BCUT2D eigenvalue weighted by Crippen LogP contribution is -2.31. The van der Waals surface area contributed by atoms with Crippen molar-refractivity contribution in [3.8, 4) is 17.0 Å². The second-order valence-electron chi connectivity index (χ2n) is 6.57. The molecule has 6 heteroatoms. The Kier molecular flexibility index (Phi) is 5.86. The van der Waals surface area contributed by atoms with Crippen LogP contribution in [0.4, 0.5) is 0 Å². The molecule has 3 rings (SSSR count). The molecule has 0 bridgehead atoms. The number of phenols is 1. The van der Waals surface area contributed by atoms with Crippen LogP contribution in [0.5, 0.6) is 5.75 Å². The zero-order chi connectivity index (χ0) is 19.2. The van der Waals surface area contributed by atoms with Crippen molar-refractivity contribution in [2.75, 3.05) is 7.05 Å². The second-order valence-corrected chi connectivity index (χ2v) is 6.57. The van der Waals surface area contributed by atoms with Crippen LogP contribution in [0, 0.1) is 0 Å². The first-order chi connectivity index (χ1) is 13.1. The first-order valence-electron chi connectivity index (χ1n) is 9.12. The van der Waals surface area contributed by atoms with E-state index in [9.17, 15) is 9.90 Å². The van der Waals surface area contributed by atoms with Crippen LogP contribution in [0.3, 0.4) is 0 Å². The maximum absolute atomic E-state index is 13.0. The van der Waals surface area contributed by atoms with E-state index in [2.05, 4.69) is 22.1 Å². The minimum absolute atomic E-state index is 0.0356. The van der Waals surface area contributed by atoms with Crippen LogP contribution in [0.1, 0.15) is 48.3 Å². The van der Waals surface area contributed by atoms with Crippen LogP contribution in [0.15, 0.2) is 54.9 Å². The third kappa shape index (κ3) is 4.34. The van der Waals surface area contributed by atoms with Gasteiger partial charge in [-0.1, -0.05) is 25.8 Å². The number of rotatable bonds is 7. The van der Waals surface area contributed by atoms with Crippen molar-refractivity contribution in [3.05, 3.63) is 66.1 Å². The molecule has 0 aliphatic carbocycles. The fraction of sp³-hybridized carbons (Fsp3) is 0.286. The first kappa shape index (κ1) is 18.6. The van der Waals surface area contributed by atoms with Crippen molar-refractivity contribution in [2.45, 2.75) is 32.2 Å². The van der Waals surface area contributed by atoms with E-state index in [-0.39, 0.29) is 17.7 Å². The van der Waals surface area contributed by atoms with Crippen LogP contribution < -0.4 is 0 Å². The average molecular weight is 364 g/mol. The predicted molar refractivity (Wildman–Crippen MR) is 104 cm³/mol. The molecule has 0 radical (unpaired) electrons. The number of amides is 1. The summed E-state index contributed by atoms with van der Waals surface area (Å²) in [5.41, 5.74) is 2.96. The third-order valence-electron chi connectivity index (χ3n) is 4.66. The van der Waals surface area contributed by atoms with E-state index in [1.807, 2.05) is 25.4 Å². The molecule has 1 amide bonds. The number of aromatic nitrogens is 3. The highest BCUT2D eigenvalue weighted by Crippen LogP contribution is 2.27. The number of carbonyl (C=O) groups excluding carboxylic acids is 1. The molecule has 0 saturated heterocycles. The predicted octanol–water partition coefficient (Wildman–Crippen LogP) is 4.18. The summed E-state index contributed by atoms with van der Waals surface area (Å²) in [5, 5.41) is 16.5. The van der Waals surface area contributed by atoms with E-state index >= 15 is 0 Å². The van der Waals surface area contributed by atoms with E-state index in [0.717, 1.165) is 30.4 Å². The molecule has 2 N–H and O–H groups in total. The number of unbranched alkanes of at least 4 members (excludes halogenated alkanes) is 1. The number of nitrogens with zero attached hydrogens (tertiary/aromatic N) is 3. The topological polar surface area (TPSA) is 82.1 Å². The molecule has 27 heavy (non-hydrogen) atoms. The number of pyridine rings is 1. The molecule has 0 spiro atoms. The summed E-state index contributed by atoms with van der Waals surface area (Å²) in [6.07, 6.45) is 6.52. The molecule has 0 aliphatic rings. The van der Waals surface area contributed by atoms with Gasteiger partial charge in [-0.2, -0.15) is 5.10 Å². The van der Waals surface area contributed by atoms with Crippen LogP contribution in [0.25, 0.3) is 11.3 Å². The van der Waals surface area contributed by atoms with E-state index in [1.165, 1.54) is 0 Å². The second kappa shape index (κ2) is 8.49. The quantitative estimate of drug-likeness (QED) is 0.659. The molecule has 2 aromatic heterocycles. The minimum atomic E-state index is -0.113. The Labute approximate surface area is 158 Å². The summed E-state index contributed by atoms with van der Waals surface area (Å²) < 4.78 is 0. The average Bonchev–Trinajstić information content (AvgIpc) is 3.19. The van der Waals surface area contributed by atoms with Gasteiger partial charge >= 0.3 is 0 Å². The lowest BCUT2D eigenvalue weighted by Gasteiger charge is -2.28. The number of nitrogens with one attached hydrogen (secondary N) is 1. The minimum Gasteiger partial charge on any atom is -0.508 e. The SMILES string of the molecule is CCCCC(c1cccnc1)N(C)C(=O)c1cc(-c2ccc(O)cc2)n[nH]1. The Bertz CT molecular complexity index is 875. The third-order valence-corrected chi connectivity index (χ3v) is 4.66. The summed E-state index contributed by atoms with van der Waals surface area (Å²) in [5.74, 6) is 0.0815. The zero-order valence-electron chi connectivity index (χ0n) is 15.6. The molecule has 0 fully saturated rings. The van der Waals surface area contributed by atoms with Gasteiger partial charge in [-0.3, -0.25) is 14.9 Å². The first-order valence-corrected chi connectivity index (χ1v) is 9.12. The monoisotopic (exact) mass is 364 g/mol. The molecule has 0 aliphatic heterocycles. The molecule has 1 aromatic carbocycles. The van der Waals surface area contributed by atoms with Gasteiger partial charge in [0, 0.05) is 25.0 Å². The highest BCUT2D eigenvalue weighted by Gasteiger charge is 2.24. The van der Waals surface area contributed by atoms with E-state index < -0.39 is 0 Å². The fourth-order valence-electron chi connectivity index (χ4n) is 3.10. The van der Waals surface area contributed by atoms with Crippen molar-refractivity contribution in [1.29, 1.82) is 0 Å². The molecule has 1 unspecified atom stereocenters. The maximum atomic E-state index is 13.0. The molecule has 140 valence electrons. The number of H-pyrrole nitrogens is 1. The van der Waals surface area contributed by atoms with Crippen molar-refractivity contribution < 1.29 is 9.90 Å². The number of carbonyl (C=O) groups is 1. The summed E-state index contributed by atoms with van der Waals surface area (Å²) in [6.45, 7) is 2.14. The van der Waals surface area contributed by atoms with Gasteiger partial charge in [0.1, 0.15) is 11.4 Å². The van der Waals surface area contributed by atoms with E-state index in [0.29, 0.717) is 11.4 Å². The zero-order valence-corrected chi connectivity index (χ0v) is 15.6. The lowest BCUT2D eigenvalue weighted by molar-refractivity contribution is 0.0714. The molecular weight excluding hydrogens is 340 g/mol. The van der Waals surface area contributed by atoms with Crippen molar-refractivity contribution >= 4 is 5.91 Å².